The van der Waals surface area contributed by atoms with Crippen molar-refractivity contribution in [3.05, 3.63) is 28.8 Å². The van der Waals surface area contributed by atoms with E-state index in [1.54, 1.807) is 0 Å². The van der Waals surface area contributed by atoms with Crippen LogP contribution in [0.1, 0.15) is 24.3 Å². The first-order valence-electron chi connectivity index (χ1n) is 4.88. The quantitative estimate of drug-likeness (QED) is 0.722. The fraction of sp³-hybridized carbons (Fsp3) is 0.455. The van der Waals surface area contributed by atoms with Crippen molar-refractivity contribution in [1.82, 2.24) is 0 Å². The van der Waals surface area contributed by atoms with Gasteiger partial charge in [-0.1, -0.05) is 11.6 Å². The van der Waals surface area contributed by atoms with Crippen LogP contribution in [-0.4, -0.2) is 6.54 Å². The molecule has 13 heavy (non-hydrogen) atoms. The first-order chi connectivity index (χ1) is 6.34. The van der Waals surface area contributed by atoms with Gasteiger partial charge >= 0.3 is 0 Å². The molecule has 1 aliphatic carbocycles. The molecule has 1 aromatic rings. The fourth-order valence-electron chi connectivity index (χ4n) is 2.25. The Balaban J connectivity index is 2.03. The maximum absolute atomic E-state index is 5.99. The normalized spacial score (nSPS) is 25.5. The van der Waals surface area contributed by atoms with Crippen LogP contribution in [0, 0.1) is 5.92 Å². The summed E-state index contributed by atoms with van der Waals surface area (Å²) in [6.07, 6.45) is 2.80. The predicted octanol–water partition coefficient (Wildman–Crippen LogP) is 3.26. The summed E-state index contributed by atoms with van der Waals surface area (Å²) in [6, 6.07) is 6.18. The van der Waals surface area contributed by atoms with E-state index >= 15 is 0 Å². The van der Waals surface area contributed by atoms with Crippen molar-refractivity contribution >= 4 is 17.3 Å². The Morgan fingerprint density at radius 1 is 1.31 bits per heavy atom. The van der Waals surface area contributed by atoms with Crippen molar-refractivity contribution in [3.63, 3.8) is 0 Å². The monoisotopic (exact) mass is 193 g/mol. The SMILES string of the molecule is Clc1ccc2c(c1)C(C1CC1)CN2. The number of hydrogen-bond acceptors (Lipinski definition) is 1. The van der Waals surface area contributed by atoms with Gasteiger partial charge in [0.15, 0.2) is 0 Å². The molecular formula is C11H12ClN. The van der Waals surface area contributed by atoms with Gasteiger partial charge in [0.2, 0.25) is 0 Å². The van der Waals surface area contributed by atoms with Crippen LogP contribution < -0.4 is 5.32 Å². The minimum atomic E-state index is 0.730. The Bertz CT molecular complexity index is 344. The topological polar surface area (TPSA) is 12.0 Å². The van der Waals surface area contributed by atoms with Gasteiger partial charge in [0, 0.05) is 23.2 Å². The van der Waals surface area contributed by atoms with Crippen LogP contribution in [0.3, 0.4) is 0 Å². The second-order valence-electron chi connectivity index (χ2n) is 4.06. The van der Waals surface area contributed by atoms with Gasteiger partial charge in [-0.3, -0.25) is 0 Å². The average Bonchev–Trinajstić information content (AvgIpc) is 2.87. The zero-order valence-corrected chi connectivity index (χ0v) is 8.14. The minimum absolute atomic E-state index is 0.730. The van der Waals surface area contributed by atoms with Crippen LogP contribution in [-0.2, 0) is 0 Å². The highest BCUT2D eigenvalue weighted by Crippen LogP contribution is 2.47. The summed E-state index contributed by atoms with van der Waals surface area (Å²) in [7, 11) is 0. The van der Waals surface area contributed by atoms with E-state index in [9.17, 15) is 0 Å². The highest BCUT2D eigenvalue weighted by molar-refractivity contribution is 6.30. The predicted molar refractivity (Wildman–Crippen MR) is 55.4 cm³/mol. The lowest BCUT2D eigenvalue weighted by molar-refractivity contribution is 0.660. The van der Waals surface area contributed by atoms with E-state index in [0.29, 0.717) is 0 Å². The highest BCUT2D eigenvalue weighted by Gasteiger charge is 2.36. The van der Waals surface area contributed by atoms with E-state index in [-0.39, 0.29) is 0 Å². The number of fused-ring (bicyclic) bond motifs is 1. The second kappa shape index (κ2) is 2.65. The molecule has 3 rings (SSSR count). The highest BCUT2D eigenvalue weighted by atomic mass is 35.5. The van der Waals surface area contributed by atoms with E-state index < -0.39 is 0 Å². The molecule has 0 amide bonds. The van der Waals surface area contributed by atoms with Gasteiger partial charge in [0.25, 0.3) is 0 Å². The Hall–Kier alpha value is -0.690. The van der Waals surface area contributed by atoms with Gasteiger partial charge in [-0.15, -0.1) is 0 Å². The summed E-state index contributed by atoms with van der Waals surface area (Å²) in [5, 5.41) is 4.31. The Kier molecular flexibility index (Phi) is 1.57. The van der Waals surface area contributed by atoms with Crippen molar-refractivity contribution in [2.75, 3.05) is 11.9 Å². The number of nitrogens with one attached hydrogen (secondary N) is 1. The van der Waals surface area contributed by atoms with Crippen LogP contribution in [0.15, 0.2) is 18.2 Å². The zero-order chi connectivity index (χ0) is 8.84. The molecule has 2 heteroatoms. The molecule has 1 saturated carbocycles. The maximum Gasteiger partial charge on any atom is 0.0410 e. The first-order valence-corrected chi connectivity index (χ1v) is 5.26. The maximum atomic E-state index is 5.99. The van der Waals surface area contributed by atoms with Crippen molar-refractivity contribution in [2.24, 2.45) is 5.92 Å². The molecule has 0 spiro atoms. The number of benzene rings is 1. The number of rotatable bonds is 1. The lowest BCUT2D eigenvalue weighted by Gasteiger charge is -2.07. The standard InChI is InChI=1S/C11H12ClN/c12-8-3-4-11-9(5-8)10(6-13-11)7-1-2-7/h3-5,7,10,13H,1-2,6H2. The van der Waals surface area contributed by atoms with Crippen molar-refractivity contribution in [1.29, 1.82) is 0 Å². The van der Waals surface area contributed by atoms with E-state index in [4.69, 9.17) is 11.6 Å². The molecular weight excluding hydrogens is 182 g/mol. The van der Waals surface area contributed by atoms with Crippen LogP contribution in [0.25, 0.3) is 0 Å². The molecule has 2 aliphatic rings. The molecule has 1 unspecified atom stereocenters. The van der Waals surface area contributed by atoms with Gasteiger partial charge in [-0.05, 0) is 42.5 Å². The minimum Gasteiger partial charge on any atom is -0.384 e. The summed E-state index contributed by atoms with van der Waals surface area (Å²) in [4.78, 5) is 0. The molecule has 68 valence electrons. The summed E-state index contributed by atoms with van der Waals surface area (Å²) in [6.45, 7) is 1.11. The Morgan fingerprint density at radius 2 is 2.15 bits per heavy atom. The zero-order valence-electron chi connectivity index (χ0n) is 7.39. The number of anilines is 1. The Morgan fingerprint density at radius 3 is 2.92 bits per heavy atom. The van der Waals surface area contributed by atoms with Gasteiger partial charge in [0.05, 0.1) is 0 Å². The Labute approximate surface area is 83.1 Å². The van der Waals surface area contributed by atoms with E-state index in [0.717, 1.165) is 23.4 Å². The molecule has 0 bridgehead atoms. The second-order valence-corrected chi connectivity index (χ2v) is 4.49. The lowest BCUT2D eigenvalue weighted by atomic mass is 9.97. The summed E-state index contributed by atoms with van der Waals surface area (Å²) < 4.78 is 0. The molecule has 0 aromatic heterocycles. The first kappa shape index (κ1) is 7.69. The molecule has 1 nitrogen and oxygen atoms in total. The van der Waals surface area contributed by atoms with E-state index in [1.165, 1.54) is 24.1 Å². The van der Waals surface area contributed by atoms with Gasteiger partial charge < -0.3 is 5.32 Å². The number of hydrogen-bond donors (Lipinski definition) is 1. The van der Waals surface area contributed by atoms with Crippen LogP contribution in [0.2, 0.25) is 5.02 Å². The third-order valence-electron chi connectivity index (χ3n) is 3.12. The molecule has 0 radical (unpaired) electrons. The third kappa shape index (κ3) is 1.22. The van der Waals surface area contributed by atoms with Crippen LogP contribution in [0.5, 0.6) is 0 Å². The van der Waals surface area contributed by atoms with Crippen LogP contribution in [0.4, 0.5) is 5.69 Å². The van der Waals surface area contributed by atoms with Gasteiger partial charge in [0.1, 0.15) is 0 Å². The molecule has 0 saturated heterocycles. The summed E-state index contributed by atoms with van der Waals surface area (Å²) in [5.74, 6) is 1.65. The van der Waals surface area contributed by atoms with Crippen LogP contribution >= 0.6 is 11.6 Å². The van der Waals surface area contributed by atoms with Crippen molar-refractivity contribution < 1.29 is 0 Å². The molecule has 1 N–H and O–H groups in total. The molecule has 1 fully saturated rings. The third-order valence-corrected chi connectivity index (χ3v) is 3.35. The molecule has 1 aliphatic heterocycles. The average molecular weight is 194 g/mol. The summed E-state index contributed by atoms with van der Waals surface area (Å²) >= 11 is 5.99. The smallest absolute Gasteiger partial charge is 0.0410 e. The fourth-order valence-corrected chi connectivity index (χ4v) is 2.43. The van der Waals surface area contributed by atoms with E-state index in [2.05, 4.69) is 17.4 Å². The summed E-state index contributed by atoms with van der Waals surface area (Å²) in [5.41, 5.74) is 2.73. The lowest BCUT2D eigenvalue weighted by Crippen LogP contribution is -2.03. The van der Waals surface area contributed by atoms with Crippen molar-refractivity contribution in [2.45, 2.75) is 18.8 Å². The largest absolute Gasteiger partial charge is 0.384 e. The molecule has 1 atom stereocenters. The molecule has 1 heterocycles. The van der Waals surface area contributed by atoms with Gasteiger partial charge in [-0.2, -0.15) is 0 Å². The van der Waals surface area contributed by atoms with Crippen molar-refractivity contribution in [3.8, 4) is 0 Å². The van der Waals surface area contributed by atoms with E-state index in [1.807, 2.05) is 6.07 Å². The van der Waals surface area contributed by atoms with Gasteiger partial charge in [-0.25, -0.2) is 0 Å². The number of halogens is 1. The molecule has 1 aromatic carbocycles.